The van der Waals surface area contributed by atoms with Crippen LogP contribution in [-0.4, -0.2) is 19.2 Å². The average molecular weight is 230 g/mol. The summed E-state index contributed by atoms with van der Waals surface area (Å²) >= 11 is 0. The molecule has 0 saturated heterocycles. The quantitative estimate of drug-likeness (QED) is 0.822. The van der Waals surface area contributed by atoms with Gasteiger partial charge in [0.2, 0.25) is 0 Å². The summed E-state index contributed by atoms with van der Waals surface area (Å²) in [6.45, 7) is 0. The average Bonchev–Trinajstić information content (AvgIpc) is 2.38. The van der Waals surface area contributed by atoms with Crippen LogP contribution in [0.1, 0.15) is 0 Å². The number of rotatable bonds is 3. The van der Waals surface area contributed by atoms with E-state index in [1.54, 1.807) is 32.7 Å². The van der Waals surface area contributed by atoms with E-state index in [4.69, 9.17) is 15.2 Å². The van der Waals surface area contributed by atoms with Gasteiger partial charge in [-0.1, -0.05) is 0 Å². The zero-order valence-corrected chi connectivity index (χ0v) is 9.81. The van der Waals surface area contributed by atoms with E-state index in [2.05, 4.69) is 4.98 Å². The van der Waals surface area contributed by atoms with Crippen LogP contribution in [0, 0.1) is 0 Å². The fourth-order valence-corrected chi connectivity index (χ4v) is 1.61. The molecule has 0 amide bonds. The van der Waals surface area contributed by atoms with E-state index in [9.17, 15) is 0 Å². The number of ether oxygens (including phenoxy) is 2. The van der Waals surface area contributed by atoms with E-state index < -0.39 is 0 Å². The predicted octanol–water partition coefficient (Wildman–Crippen LogP) is 2.35. The first-order valence-corrected chi connectivity index (χ1v) is 5.17. The second kappa shape index (κ2) is 4.74. The van der Waals surface area contributed by atoms with Gasteiger partial charge in [-0.15, -0.1) is 0 Å². The summed E-state index contributed by atoms with van der Waals surface area (Å²) < 4.78 is 10.2. The maximum absolute atomic E-state index is 5.97. The van der Waals surface area contributed by atoms with Gasteiger partial charge in [0.15, 0.2) is 0 Å². The van der Waals surface area contributed by atoms with Crippen molar-refractivity contribution in [2.24, 2.45) is 0 Å². The van der Waals surface area contributed by atoms with Gasteiger partial charge >= 0.3 is 0 Å². The van der Waals surface area contributed by atoms with Gasteiger partial charge in [0, 0.05) is 29.1 Å². The number of hydrogen-bond acceptors (Lipinski definition) is 4. The van der Waals surface area contributed by atoms with Crippen molar-refractivity contribution in [3.63, 3.8) is 0 Å². The van der Waals surface area contributed by atoms with Crippen LogP contribution >= 0.6 is 0 Å². The maximum Gasteiger partial charge on any atom is 0.137 e. The first kappa shape index (κ1) is 11.3. The Hall–Kier alpha value is -2.23. The van der Waals surface area contributed by atoms with Crippen molar-refractivity contribution < 1.29 is 9.47 Å². The first-order chi connectivity index (χ1) is 8.24. The predicted molar refractivity (Wildman–Crippen MR) is 67.2 cm³/mol. The lowest BCUT2D eigenvalue weighted by Gasteiger charge is -2.08. The molecular weight excluding hydrogens is 216 g/mol. The van der Waals surface area contributed by atoms with Crippen LogP contribution in [0.15, 0.2) is 36.7 Å². The summed E-state index contributed by atoms with van der Waals surface area (Å²) in [5.74, 6) is 1.44. The van der Waals surface area contributed by atoms with Crippen molar-refractivity contribution in [2.45, 2.75) is 0 Å². The third kappa shape index (κ3) is 2.30. The lowest BCUT2D eigenvalue weighted by atomic mass is 10.1. The third-order valence-electron chi connectivity index (χ3n) is 2.52. The molecule has 0 bridgehead atoms. The van der Waals surface area contributed by atoms with Crippen LogP contribution in [0.5, 0.6) is 11.5 Å². The van der Waals surface area contributed by atoms with Crippen LogP contribution in [0.2, 0.25) is 0 Å². The molecule has 0 spiro atoms. The summed E-state index contributed by atoms with van der Waals surface area (Å²) in [6, 6.07) is 7.45. The molecule has 4 heteroatoms. The van der Waals surface area contributed by atoms with E-state index in [1.807, 2.05) is 18.2 Å². The Labute approximate surface area is 100 Å². The number of anilines is 1. The minimum Gasteiger partial charge on any atom is -0.497 e. The molecule has 0 unspecified atom stereocenters. The summed E-state index contributed by atoms with van der Waals surface area (Å²) in [6.07, 6.45) is 3.41. The van der Waals surface area contributed by atoms with E-state index in [0.717, 1.165) is 16.9 Å². The molecule has 0 fully saturated rings. The Morgan fingerprint density at radius 1 is 1.00 bits per heavy atom. The highest BCUT2D eigenvalue weighted by molar-refractivity contribution is 5.77. The van der Waals surface area contributed by atoms with E-state index in [-0.39, 0.29) is 0 Å². The molecule has 88 valence electrons. The van der Waals surface area contributed by atoms with Crippen LogP contribution < -0.4 is 15.2 Å². The smallest absolute Gasteiger partial charge is 0.137 e. The molecule has 0 aliphatic carbocycles. The summed E-state index contributed by atoms with van der Waals surface area (Å²) in [5, 5.41) is 0. The molecule has 1 aromatic carbocycles. The monoisotopic (exact) mass is 230 g/mol. The normalized spacial score (nSPS) is 10.0. The Bertz CT molecular complexity index is 527. The fourth-order valence-electron chi connectivity index (χ4n) is 1.61. The second-order valence-corrected chi connectivity index (χ2v) is 3.57. The van der Waals surface area contributed by atoms with Gasteiger partial charge in [-0.05, 0) is 18.2 Å². The molecule has 1 aromatic heterocycles. The lowest BCUT2D eigenvalue weighted by molar-refractivity contribution is 0.413. The number of aromatic nitrogens is 1. The number of nitrogen functional groups attached to an aromatic ring is 1. The fraction of sp³-hybridized carbons (Fsp3) is 0.154. The Morgan fingerprint density at radius 3 is 2.41 bits per heavy atom. The van der Waals surface area contributed by atoms with Crippen molar-refractivity contribution >= 4 is 5.69 Å². The minimum absolute atomic E-state index is 0.652. The number of nitrogens with zero attached hydrogens (tertiary/aromatic N) is 1. The number of pyridine rings is 1. The van der Waals surface area contributed by atoms with Gasteiger partial charge in [0.05, 0.1) is 20.4 Å². The molecule has 2 N–H and O–H groups in total. The van der Waals surface area contributed by atoms with Crippen LogP contribution in [0.3, 0.4) is 0 Å². The van der Waals surface area contributed by atoms with E-state index in [1.165, 1.54) is 0 Å². The SMILES string of the molecule is COc1cncc(-c2ccc(OC)cc2N)c1. The van der Waals surface area contributed by atoms with Crippen molar-refractivity contribution in [1.29, 1.82) is 0 Å². The highest BCUT2D eigenvalue weighted by Crippen LogP contribution is 2.30. The number of methoxy groups -OCH3 is 2. The van der Waals surface area contributed by atoms with Gasteiger partial charge < -0.3 is 15.2 Å². The number of hydrogen-bond donors (Lipinski definition) is 1. The van der Waals surface area contributed by atoms with E-state index in [0.29, 0.717) is 11.4 Å². The van der Waals surface area contributed by atoms with Gasteiger partial charge in [-0.25, -0.2) is 0 Å². The molecule has 0 saturated carbocycles. The van der Waals surface area contributed by atoms with Crippen molar-refractivity contribution in [1.82, 2.24) is 4.98 Å². The van der Waals surface area contributed by atoms with Gasteiger partial charge in [0.25, 0.3) is 0 Å². The van der Waals surface area contributed by atoms with Crippen LogP contribution in [0.4, 0.5) is 5.69 Å². The third-order valence-corrected chi connectivity index (χ3v) is 2.52. The molecule has 0 aliphatic heterocycles. The number of nitrogens with two attached hydrogens (primary N) is 1. The highest BCUT2D eigenvalue weighted by atomic mass is 16.5. The number of benzene rings is 1. The molecule has 0 atom stereocenters. The molecule has 1 heterocycles. The minimum atomic E-state index is 0.652. The van der Waals surface area contributed by atoms with Crippen LogP contribution in [-0.2, 0) is 0 Å². The van der Waals surface area contributed by atoms with Gasteiger partial charge in [-0.2, -0.15) is 0 Å². The van der Waals surface area contributed by atoms with Crippen LogP contribution in [0.25, 0.3) is 11.1 Å². The summed E-state index contributed by atoms with van der Waals surface area (Å²) in [7, 11) is 3.22. The molecule has 2 rings (SSSR count). The standard InChI is InChI=1S/C13H14N2O2/c1-16-10-3-4-12(13(14)6-10)9-5-11(17-2)8-15-7-9/h3-8H,14H2,1-2H3. The highest BCUT2D eigenvalue weighted by Gasteiger charge is 2.05. The molecule has 4 nitrogen and oxygen atoms in total. The zero-order valence-electron chi connectivity index (χ0n) is 9.81. The first-order valence-electron chi connectivity index (χ1n) is 5.17. The molecule has 2 aromatic rings. The van der Waals surface area contributed by atoms with Gasteiger partial charge in [-0.3, -0.25) is 4.98 Å². The van der Waals surface area contributed by atoms with Crippen molar-refractivity contribution in [3.8, 4) is 22.6 Å². The van der Waals surface area contributed by atoms with Gasteiger partial charge in [0.1, 0.15) is 11.5 Å². The van der Waals surface area contributed by atoms with E-state index >= 15 is 0 Å². The molecule has 0 aliphatic rings. The maximum atomic E-state index is 5.97. The largest absolute Gasteiger partial charge is 0.497 e. The molecular formula is C13H14N2O2. The van der Waals surface area contributed by atoms with Crippen molar-refractivity contribution in [2.75, 3.05) is 20.0 Å². The Balaban J connectivity index is 2.45. The summed E-state index contributed by atoms with van der Waals surface area (Å²) in [4.78, 5) is 4.10. The topological polar surface area (TPSA) is 57.4 Å². The zero-order chi connectivity index (χ0) is 12.3. The molecule has 0 radical (unpaired) electrons. The Morgan fingerprint density at radius 2 is 1.76 bits per heavy atom. The second-order valence-electron chi connectivity index (χ2n) is 3.57. The van der Waals surface area contributed by atoms with Crippen molar-refractivity contribution in [3.05, 3.63) is 36.7 Å². The Kier molecular flexibility index (Phi) is 3.14. The summed E-state index contributed by atoms with van der Waals surface area (Å²) in [5.41, 5.74) is 8.46. The molecule has 17 heavy (non-hydrogen) atoms. The lowest BCUT2D eigenvalue weighted by Crippen LogP contribution is -1.93.